The maximum atomic E-state index is 11.3. The van der Waals surface area contributed by atoms with Crippen molar-refractivity contribution in [1.82, 2.24) is 4.90 Å². The van der Waals surface area contributed by atoms with Crippen molar-refractivity contribution in [3.05, 3.63) is 35.9 Å². The predicted molar refractivity (Wildman–Crippen MR) is 68.5 cm³/mol. The van der Waals surface area contributed by atoms with Crippen LogP contribution in [0.3, 0.4) is 0 Å². The van der Waals surface area contributed by atoms with E-state index in [1.165, 1.54) is 5.56 Å². The fraction of sp³-hybridized carbons (Fsp3) is 0.500. The number of likely N-dealkylation sites (tertiary alicyclic amines) is 1. The van der Waals surface area contributed by atoms with Gasteiger partial charge >= 0.3 is 0 Å². The number of primary amides is 1. The first-order chi connectivity index (χ1) is 8.18. The summed E-state index contributed by atoms with van der Waals surface area (Å²) in [4.78, 5) is 13.6. The Kier molecular flexibility index (Phi) is 3.79. The maximum absolute atomic E-state index is 11.3. The standard InChI is InChI=1S/C14H20N2O/c1-11(10-12-6-3-2-4-7-12)16-9-5-8-13(16)14(15)17/h2-4,6-7,11,13H,5,8-10H2,1H3,(H2,15,17)/t11?,13-/m0/s1. The van der Waals surface area contributed by atoms with Crippen LogP contribution >= 0.6 is 0 Å². The van der Waals surface area contributed by atoms with Gasteiger partial charge in [0.2, 0.25) is 5.91 Å². The van der Waals surface area contributed by atoms with Crippen molar-refractivity contribution in [3.63, 3.8) is 0 Å². The Morgan fingerprint density at radius 2 is 2.18 bits per heavy atom. The van der Waals surface area contributed by atoms with Crippen molar-refractivity contribution in [3.8, 4) is 0 Å². The van der Waals surface area contributed by atoms with Crippen LogP contribution in [-0.4, -0.2) is 29.4 Å². The van der Waals surface area contributed by atoms with Crippen LogP contribution in [-0.2, 0) is 11.2 Å². The van der Waals surface area contributed by atoms with Gasteiger partial charge in [0.1, 0.15) is 0 Å². The topological polar surface area (TPSA) is 46.3 Å². The molecule has 2 atom stereocenters. The van der Waals surface area contributed by atoms with Gasteiger partial charge in [-0.05, 0) is 38.3 Å². The number of benzene rings is 1. The van der Waals surface area contributed by atoms with Gasteiger partial charge in [-0.15, -0.1) is 0 Å². The van der Waals surface area contributed by atoms with Gasteiger partial charge < -0.3 is 5.73 Å². The van der Waals surface area contributed by atoms with Crippen molar-refractivity contribution < 1.29 is 4.79 Å². The average molecular weight is 232 g/mol. The molecule has 0 saturated carbocycles. The van der Waals surface area contributed by atoms with Crippen molar-refractivity contribution in [1.29, 1.82) is 0 Å². The van der Waals surface area contributed by atoms with E-state index in [1.807, 2.05) is 6.07 Å². The number of rotatable bonds is 4. The number of carbonyl (C=O) groups is 1. The van der Waals surface area contributed by atoms with Crippen LogP contribution in [0, 0.1) is 0 Å². The lowest BCUT2D eigenvalue weighted by Crippen LogP contribution is -2.45. The van der Waals surface area contributed by atoms with E-state index >= 15 is 0 Å². The van der Waals surface area contributed by atoms with E-state index in [2.05, 4.69) is 36.1 Å². The monoisotopic (exact) mass is 232 g/mol. The molecule has 3 heteroatoms. The van der Waals surface area contributed by atoms with E-state index in [1.54, 1.807) is 0 Å². The lowest BCUT2D eigenvalue weighted by molar-refractivity contribution is -0.122. The Hall–Kier alpha value is -1.35. The Morgan fingerprint density at radius 1 is 1.47 bits per heavy atom. The van der Waals surface area contributed by atoms with Gasteiger partial charge in [-0.25, -0.2) is 0 Å². The molecule has 92 valence electrons. The fourth-order valence-corrected chi connectivity index (χ4v) is 2.69. The second-order valence-electron chi connectivity index (χ2n) is 4.84. The second kappa shape index (κ2) is 5.32. The van der Waals surface area contributed by atoms with E-state index in [9.17, 15) is 4.79 Å². The van der Waals surface area contributed by atoms with Gasteiger partial charge in [-0.3, -0.25) is 9.69 Å². The third-order valence-corrected chi connectivity index (χ3v) is 3.56. The van der Waals surface area contributed by atoms with Crippen molar-refractivity contribution in [2.75, 3.05) is 6.54 Å². The molecule has 1 fully saturated rings. The van der Waals surface area contributed by atoms with Gasteiger partial charge in [0.15, 0.2) is 0 Å². The molecule has 1 aliphatic heterocycles. The Bertz CT molecular complexity index is 377. The van der Waals surface area contributed by atoms with E-state index in [0.717, 1.165) is 25.8 Å². The number of carbonyl (C=O) groups excluding carboxylic acids is 1. The molecule has 1 aliphatic rings. The minimum Gasteiger partial charge on any atom is -0.368 e. The Labute approximate surface area is 103 Å². The molecule has 0 bridgehead atoms. The number of amides is 1. The van der Waals surface area contributed by atoms with Crippen LogP contribution in [0.2, 0.25) is 0 Å². The van der Waals surface area contributed by atoms with E-state index in [0.29, 0.717) is 6.04 Å². The zero-order valence-corrected chi connectivity index (χ0v) is 10.3. The molecule has 0 radical (unpaired) electrons. The van der Waals surface area contributed by atoms with Gasteiger partial charge in [0, 0.05) is 6.04 Å². The first-order valence-corrected chi connectivity index (χ1v) is 6.27. The summed E-state index contributed by atoms with van der Waals surface area (Å²) >= 11 is 0. The molecule has 2 N–H and O–H groups in total. The third kappa shape index (κ3) is 2.86. The summed E-state index contributed by atoms with van der Waals surface area (Å²) in [5.74, 6) is -0.178. The molecule has 0 aliphatic carbocycles. The van der Waals surface area contributed by atoms with E-state index in [-0.39, 0.29) is 11.9 Å². The molecular formula is C14H20N2O. The van der Waals surface area contributed by atoms with Crippen molar-refractivity contribution >= 4 is 5.91 Å². The van der Waals surface area contributed by atoms with E-state index in [4.69, 9.17) is 5.73 Å². The highest BCUT2D eigenvalue weighted by Crippen LogP contribution is 2.21. The molecule has 3 nitrogen and oxygen atoms in total. The Morgan fingerprint density at radius 3 is 2.82 bits per heavy atom. The zero-order valence-electron chi connectivity index (χ0n) is 10.3. The second-order valence-corrected chi connectivity index (χ2v) is 4.84. The fourth-order valence-electron chi connectivity index (χ4n) is 2.69. The summed E-state index contributed by atoms with van der Waals surface area (Å²) in [6.07, 6.45) is 2.96. The lowest BCUT2D eigenvalue weighted by atomic mass is 10.1. The summed E-state index contributed by atoms with van der Waals surface area (Å²) in [5.41, 5.74) is 6.75. The highest BCUT2D eigenvalue weighted by molar-refractivity contribution is 5.80. The van der Waals surface area contributed by atoms with E-state index < -0.39 is 0 Å². The van der Waals surface area contributed by atoms with Crippen LogP contribution in [0.15, 0.2) is 30.3 Å². The van der Waals surface area contributed by atoms with Gasteiger partial charge in [0.05, 0.1) is 6.04 Å². The summed E-state index contributed by atoms with van der Waals surface area (Å²) in [5, 5.41) is 0. The van der Waals surface area contributed by atoms with Crippen LogP contribution < -0.4 is 5.73 Å². The highest BCUT2D eigenvalue weighted by Gasteiger charge is 2.31. The van der Waals surface area contributed by atoms with Gasteiger partial charge in [-0.1, -0.05) is 30.3 Å². The van der Waals surface area contributed by atoms with Gasteiger partial charge in [-0.2, -0.15) is 0 Å². The molecule has 1 unspecified atom stereocenters. The SMILES string of the molecule is CC(Cc1ccccc1)N1CCC[C@H]1C(N)=O. The normalized spacial score (nSPS) is 22.5. The smallest absolute Gasteiger partial charge is 0.234 e. The first-order valence-electron chi connectivity index (χ1n) is 6.27. The molecule has 1 saturated heterocycles. The highest BCUT2D eigenvalue weighted by atomic mass is 16.1. The van der Waals surface area contributed by atoms with Crippen molar-refractivity contribution in [2.24, 2.45) is 5.73 Å². The summed E-state index contributed by atoms with van der Waals surface area (Å²) < 4.78 is 0. The number of nitrogens with zero attached hydrogens (tertiary/aromatic N) is 1. The molecule has 2 rings (SSSR count). The molecule has 0 spiro atoms. The lowest BCUT2D eigenvalue weighted by Gasteiger charge is -2.28. The average Bonchev–Trinajstić information content (AvgIpc) is 2.79. The molecule has 1 amide bonds. The molecular weight excluding hydrogens is 212 g/mol. The minimum absolute atomic E-state index is 0.0614. The first kappa shape index (κ1) is 12.1. The molecule has 17 heavy (non-hydrogen) atoms. The summed E-state index contributed by atoms with van der Waals surface area (Å²) in [6, 6.07) is 10.7. The van der Waals surface area contributed by atoms with Crippen LogP contribution in [0.4, 0.5) is 0 Å². The maximum Gasteiger partial charge on any atom is 0.234 e. The molecule has 1 heterocycles. The quantitative estimate of drug-likeness (QED) is 0.856. The van der Waals surface area contributed by atoms with Crippen LogP contribution in [0.5, 0.6) is 0 Å². The summed E-state index contributed by atoms with van der Waals surface area (Å²) in [7, 11) is 0. The van der Waals surface area contributed by atoms with Crippen LogP contribution in [0.25, 0.3) is 0 Å². The zero-order chi connectivity index (χ0) is 12.3. The molecule has 0 aromatic heterocycles. The molecule has 1 aromatic carbocycles. The Balaban J connectivity index is 2.00. The summed E-state index contributed by atoms with van der Waals surface area (Å²) in [6.45, 7) is 3.16. The molecule has 1 aromatic rings. The largest absolute Gasteiger partial charge is 0.368 e. The minimum atomic E-state index is -0.178. The number of hydrogen-bond acceptors (Lipinski definition) is 2. The number of hydrogen-bond donors (Lipinski definition) is 1. The van der Waals surface area contributed by atoms with Crippen molar-refractivity contribution in [2.45, 2.75) is 38.3 Å². The third-order valence-electron chi connectivity index (χ3n) is 3.56. The predicted octanol–water partition coefficient (Wildman–Crippen LogP) is 1.57. The van der Waals surface area contributed by atoms with Gasteiger partial charge in [0.25, 0.3) is 0 Å². The number of nitrogens with two attached hydrogens (primary N) is 1. The van der Waals surface area contributed by atoms with Crippen LogP contribution in [0.1, 0.15) is 25.3 Å².